The first kappa shape index (κ1) is 6.68. The number of hydrogen-bond acceptors (Lipinski definition) is 2. The van der Waals surface area contributed by atoms with Gasteiger partial charge in [0.25, 0.3) is 0 Å². The summed E-state index contributed by atoms with van der Waals surface area (Å²) in [7, 11) is 0. The second-order valence-electron chi connectivity index (χ2n) is 2.82. The number of hydrogen-bond donors (Lipinski definition) is 1. The van der Waals surface area contributed by atoms with Gasteiger partial charge in [-0.2, -0.15) is 0 Å². The SMILES string of the molecule is OC1CN(c2c[c]ccc2)C1. The normalized spacial score (nSPS) is 18.1. The number of nitrogens with zero attached hydrogens (tertiary/aromatic N) is 1. The lowest BCUT2D eigenvalue weighted by Crippen LogP contribution is -2.50. The summed E-state index contributed by atoms with van der Waals surface area (Å²) in [6, 6.07) is 10.8. The highest BCUT2D eigenvalue weighted by atomic mass is 16.3. The third kappa shape index (κ3) is 1.21. The maximum absolute atomic E-state index is 9.03. The summed E-state index contributed by atoms with van der Waals surface area (Å²) in [6.07, 6.45) is -0.129. The highest BCUT2D eigenvalue weighted by Gasteiger charge is 2.23. The minimum Gasteiger partial charge on any atom is -0.389 e. The summed E-state index contributed by atoms with van der Waals surface area (Å²) in [6.45, 7) is 1.52. The van der Waals surface area contributed by atoms with Gasteiger partial charge in [-0.25, -0.2) is 0 Å². The largest absolute Gasteiger partial charge is 0.389 e. The number of β-amino-alcohol motifs (C(OH)–C–C–N with tert-alkyl or cyclic N) is 1. The first-order valence-corrected chi connectivity index (χ1v) is 3.75. The van der Waals surface area contributed by atoms with Crippen LogP contribution in [0.15, 0.2) is 24.3 Å². The van der Waals surface area contributed by atoms with E-state index in [0.717, 1.165) is 18.8 Å². The van der Waals surface area contributed by atoms with Gasteiger partial charge < -0.3 is 10.0 Å². The molecule has 1 aliphatic rings. The van der Waals surface area contributed by atoms with Crippen LogP contribution in [0.25, 0.3) is 0 Å². The Kier molecular flexibility index (Phi) is 1.55. The summed E-state index contributed by atoms with van der Waals surface area (Å²) < 4.78 is 0. The van der Waals surface area contributed by atoms with E-state index in [1.54, 1.807) is 0 Å². The molecule has 1 saturated heterocycles. The summed E-state index contributed by atoms with van der Waals surface area (Å²) in [5.41, 5.74) is 1.15. The predicted molar refractivity (Wildman–Crippen MR) is 43.5 cm³/mol. The third-order valence-electron chi connectivity index (χ3n) is 1.92. The summed E-state index contributed by atoms with van der Waals surface area (Å²) >= 11 is 0. The number of aliphatic hydroxyl groups is 1. The zero-order chi connectivity index (χ0) is 7.68. The fourth-order valence-corrected chi connectivity index (χ4v) is 1.25. The lowest BCUT2D eigenvalue weighted by molar-refractivity contribution is 0.142. The average Bonchev–Trinajstić information content (AvgIpc) is 2.01. The van der Waals surface area contributed by atoms with Crippen molar-refractivity contribution in [2.24, 2.45) is 0 Å². The molecule has 0 bridgehead atoms. The number of aliphatic hydroxyl groups excluding tert-OH is 1. The molecular formula is C9H10NO. The maximum Gasteiger partial charge on any atom is 0.0889 e. The van der Waals surface area contributed by atoms with E-state index in [1.807, 2.05) is 24.3 Å². The van der Waals surface area contributed by atoms with Gasteiger partial charge in [0, 0.05) is 18.8 Å². The van der Waals surface area contributed by atoms with E-state index < -0.39 is 0 Å². The van der Waals surface area contributed by atoms with Crippen LogP contribution in [0.4, 0.5) is 5.69 Å². The Morgan fingerprint density at radius 3 is 2.91 bits per heavy atom. The van der Waals surface area contributed by atoms with Gasteiger partial charge >= 0.3 is 0 Å². The lowest BCUT2D eigenvalue weighted by atomic mass is 10.1. The lowest BCUT2D eigenvalue weighted by Gasteiger charge is -2.37. The fourth-order valence-electron chi connectivity index (χ4n) is 1.25. The Morgan fingerprint density at radius 1 is 1.55 bits per heavy atom. The molecule has 1 N–H and O–H groups in total. The van der Waals surface area contributed by atoms with Crippen LogP contribution < -0.4 is 4.90 Å². The topological polar surface area (TPSA) is 23.5 Å². The molecule has 11 heavy (non-hydrogen) atoms. The Morgan fingerprint density at radius 2 is 2.36 bits per heavy atom. The van der Waals surface area contributed by atoms with E-state index in [4.69, 9.17) is 5.11 Å². The van der Waals surface area contributed by atoms with Gasteiger partial charge in [0.15, 0.2) is 0 Å². The summed E-state index contributed by atoms with van der Waals surface area (Å²) in [5.74, 6) is 0. The van der Waals surface area contributed by atoms with Crippen molar-refractivity contribution in [3.05, 3.63) is 30.3 Å². The second kappa shape index (κ2) is 2.55. The molecular weight excluding hydrogens is 138 g/mol. The zero-order valence-corrected chi connectivity index (χ0v) is 6.20. The average molecular weight is 148 g/mol. The summed E-state index contributed by atoms with van der Waals surface area (Å²) in [5, 5.41) is 9.03. The van der Waals surface area contributed by atoms with Crippen molar-refractivity contribution < 1.29 is 5.11 Å². The van der Waals surface area contributed by atoms with Gasteiger partial charge in [-0.05, 0) is 18.2 Å². The molecule has 0 saturated carbocycles. The molecule has 0 spiro atoms. The Labute approximate surface area is 66.1 Å². The molecule has 1 heterocycles. The molecule has 1 radical (unpaired) electrons. The van der Waals surface area contributed by atoms with E-state index in [1.165, 1.54) is 0 Å². The van der Waals surface area contributed by atoms with Crippen molar-refractivity contribution in [3.63, 3.8) is 0 Å². The number of benzene rings is 1. The number of anilines is 1. The van der Waals surface area contributed by atoms with Crippen LogP contribution >= 0.6 is 0 Å². The molecule has 0 aromatic heterocycles. The van der Waals surface area contributed by atoms with E-state index in [-0.39, 0.29) is 6.10 Å². The molecule has 1 fully saturated rings. The van der Waals surface area contributed by atoms with Gasteiger partial charge in [0.05, 0.1) is 6.10 Å². The Bertz CT molecular complexity index is 229. The minimum absolute atomic E-state index is 0.129. The molecule has 2 rings (SSSR count). The van der Waals surface area contributed by atoms with Crippen molar-refractivity contribution in [1.29, 1.82) is 0 Å². The summed E-state index contributed by atoms with van der Waals surface area (Å²) in [4.78, 5) is 2.13. The van der Waals surface area contributed by atoms with Crippen LogP contribution in [-0.4, -0.2) is 24.3 Å². The van der Waals surface area contributed by atoms with E-state index in [2.05, 4.69) is 11.0 Å². The van der Waals surface area contributed by atoms with Crippen LogP contribution in [0.3, 0.4) is 0 Å². The maximum atomic E-state index is 9.03. The van der Waals surface area contributed by atoms with Crippen molar-refractivity contribution in [1.82, 2.24) is 0 Å². The smallest absolute Gasteiger partial charge is 0.0889 e. The van der Waals surface area contributed by atoms with Crippen LogP contribution in [0, 0.1) is 6.07 Å². The van der Waals surface area contributed by atoms with Crippen LogP contribution in [0.1, 0.15) is 0 Å². The molecule has 1 aromatic carbocycles. The van der Waals surface area contributed by atoms with Crippen molar-refractivity contribution in [3.8, 4) is 0 Å². The first-order chi connectivity index (χ1) is 5.36. The molecule has 1 aliphatic heterocycles. The Hall–Kier alpha value is -1.02. The minimum atomic E-state index is -0.129. The van der Waals surface area contributed by atoms with Gasteiger partial charge in [-0.3, -0.25) is 0 Å². The fraction of sp³-hybridized carbons (Fsp3) is 0.333. The van der Waals surface area contributed by atoms with Crippen LogP contribution in [0.2, 0.25) is 0 Å². The van der Waals surface area contributed by atoms with E-state index in [0.29, 0.717) is 0 Å². The van der Waals surface area contributed by atoms with E-state index >= 15 is 0 Å². The van der Waals surface area contributed by atoms with Crippen molar-refractivity contribution in [2.75, 3.05) is 18.0 Å². The molecule has 0 amide bonds. The molecule has 0 aliphatic carbocycles. The highest BCUT2D eigenvalue weighted by Crippen LogP contribution is 2.19. The molecule has 0 unspecified atom stereocenters. The zero-order valence-electron chi connectivity index (χ0n) is 6.20. The molecule has 0 atom stereocenters. The standard InChI is InChI=1S/C9H10NO/c11-9-6-10(7-9)8-4-2-1-3-5-8/h1-2,4-5,9,11H,6-7H2. The van der Waals surface area contributed by atoms with Gasteiger partial charge in [0.2, 0.25) is 0 Å². The molecule has 2 nitrogen and oxygen atoms in total. The Balaban J connectivity index is 2.08. The van der Waals surface area contributed by atoms with Crippen LogP contribution in [0.5, 0.6) is 0 Å². The quantitative estimate of drug-likeness (QED) is 0.632. The van der Waals surface area contributed by atoms with Gasteiger partial charge in [0.1, 0.15) is 0 Å². The van der Waals surface area contributed by atoms with Crippen molar-refractivity contribution in [2.45, 2.75) is 6.10 Å². The first-order valence-electron chi connectivity index (χ1n) is 3.75. The van der Waals surface area contributed by atoms with E-state index in [9.17, 15) is 0 Å². The molecule has 57 valence electrons. The van der Waals surface area contributed by atoms with Gasteiger partial charge in [-0.15, -0.1) is 0 Å². The molecule has 2 heteroatoms. The third-order valence-corrected chi connectivity index (χ3v) is 1.92. The second-order valence-corrected chi connectivity index (χ2v) is 2.82. The predicted octanol–water partition coefficient (Wildman–Crippen LogP) is 0.668. The van der Waals surface area contributed by atoms with Crippen molar-refractivity contribution >= 4 is 5.69 Å². The van der Waals surface area contributed by atoms with Crippen LogP contribution in [-0.2, 0) is 0 Å². The number of rotatable bonds is 1. The molecule has 1 aromatic rings. The van der Waals surface area contributed by atoms with Gasteiger partial charge in [-0.1, -0.05) is 12.1 Å². The monoisotopic (exact) mass is 148 g/mol. The highest BCUT2D eigenvalue weighted by molar-refractivity contribution is 5.48.